The average Bonchev–Trinajstić information content (AvgIpc) is 3.32. The van der Waals surface area contributed by atoms with Gasteiger partial charge in [-0.05, 0) is 49.9 Å². The maximum Gasteiger partial charge on any atom is 0.243 e. The monoisotopic (exact) mass is 340 g/mol. The zero-order valence-corrected chi connectivity index (χ0v) is 14.0. The predicted molar refractivity (Wildman–Crippen MR) is 83.8 cm³/mol. The van der Waals surface area contributed by atoms with Gasteiger partial charge >= 0.3 is 0 Å². The van der Waals surface area contributed by atoms with Crippen molar-refractivity contribution >= 4 is 15.9 Å². The summed E-state index contributed by atoms with van der Waals surface area (Å²) in [6.45, 7) is 3.29. The summed E-state index contributed by atoms with van der Waals surface area (Å²) in [5.41, 5.74) is 0.403. The van der Waals surface area contributed by atoms with Crippen molar-refractivity contribution in [3.63, 3.8) is 0 Å². The van der Waals surface area contributed by atoms with Crippen molar-refractivity contribution in [3.8, 4) is 0 Å². The first-order chi connectivity index (χ1) is 10.9. The summed E-state index contributed by atoms with van der Waals surface area (Å²) >= 11 is 0. The Hall–Kier alpha value is -1.47. The third-order valence-electron chi connectivity index (χ3n) is 4.45. The van der Waals surface area contributed by atoms with E-state index in [1.165, 1.54) is 22.5 Å². The van der Waals surface area contributed by atoms with Gasteiger partial charge in [0.05, 0.1) is 4.90 Å². The van der Waals surface area contributed by atoms with E-state index in [9.17, 15) is 17.6 Å². The third-order valence-corrected chi connectivity index (χ3v) is 6.51. The molecular formula is C16H21FN2O3S. The summed E-state index contributed by atoms with van der Waals surface area (Å²) in [6.07, 6.45) is 2.52. The number of hydrogen-bond acceptors (Lipinski definition) is 3. The fourth-order valence-electron chi connectivity index (χ4n) is 2.98. The molecule has 23 heavy (non-hydrogen) atoms. The number of sulfonamides is 1. The number of rotatable bonds is 3. The summed E-state index contributed by atoms with van der Waals surface area (Å²) in [4.78, 5) is 14.1. The largest absolute Gasteiger partial charge is 0.341 e. The van der Waals surface area contributed by atoms with Crippen LogP contribution >= 0.6 is 0 Å². The Morgan fingerprint density at radius 1 is 1.17 bits per heavy atom. The summed E-state index contributed by atoms with van der Waals surface area (Å²) in [5.74, 6) is -0.141. The summed E-state index contributed by atoms with van der Waals surface area (Å²) in [7, 11) is -3.66. The van der Waals surface area contributed by atoms with Crippen LogP contribution in [0.2, 0.25) is 0 Å². The average molecular weight is 340 g/mol. The van der Waals surface area contributed by atoms with Crippen LogP contribution in [-0.4, -0.2) is 49.7 Å². The summed E-state index contributed by atoms with van der Waals surface area (Å²) < 4.78 is 40.2. The van der Waals surface area contributed by atoms with Crippen molar-refractivity contribution in [3.05, 3.63) is 29.6 Å². The molecule has 126 valence electrons. The minimum Gasteiger partial charge on any atom is -0.341 e. The molecule has 1 aromatic carbocycles. The second kappa shape index (κ2) is 6.20. The third kappa shape index (κ3) is 3.40. The van der Waals surface area contributed by atoms with Crippen molar-refractivity contribution in [2.24, 2.45) is 5.92 Å². The molecule has 0 radical (unpaired) electrons. The lowest BCUT2D eigenvalue weighted by atomic mass is 10.2. The highest BCUT2D eigenvalue weighted by Gasteiger charge is 2.35. The Balaban J connectivity index is 1.76. The van der Waals surface area contributed by atoms with Crippen molar-refractivity contribution in [1.82, 2.24) is 9.21 Å². The molecule has 2 fully saturated rings. The Kier molecular flexibility index (Phi) is 4.42. The Morgan fingerprint density at radius 2 is 1.91 bits per heavy atom. The van der Waals surface area contributed by atoms with Crippen LogP contribution in [0, 0.1) is 18.7 Å². The van der Waals surface area contributed by atoms with Crippen LogP contribution in [0.5, 0.6) is 0 Å². The number of carbonyl (C=O) groups excluding carboxylic acids is 1. The van der Waals surface area contributed by atoms with Crippen molar-refractivity contribution in [2.75, 3.05) is 26.2 Å². The molecule has 7 heteroatoms. The van der Waals surface area contributed by atoms with Crippen LogP contribution < -0.4 is 0 Å². The minimum atomic E-state index is -3.66. The molecule has 0 bridgehead atoms. The van der Waals surface area contributed by atoms with E-state index >= 15 is 0 Å². The van der Waals surface area contributed by atoms with E-state index in [1.54, 1.807) is 11.8 Å². The first-order valence-electron chi connectivity index (χ1n) is 7.94. The van der Waals surface area contributed by atoms with Gasteiger partial charge in [0.1, 0.15) is 5.82 Å². The van der Waals surface area contributed by atoms with E-state index in [-0.39, 0.29) is 23.3 Å². The van der Waals surface area contributed by atoms with Crippen molar-refractivity contribution in [1.29, 1.82) is 0 Å². The highest BCUT2D eigenvalue weighted by atomic mass is 32.2. The van der Waals surface area contributed by atoms with E-state index in [2.05, 4.69) is 0 Å². The molecule has 5 nitrogen and oxygen atoms in total. The van der Waals surface area contributed by atoms with E-state index in [0.29, 0.717) is 31.6 Å². The molecule has 2 aliphatic rings. The van der Waals surface area contributed by atoms with Crippen molar-refractivity contribution < 1.29 is 17.6 Å². The number of amides is 1. The number of aryl methyl sites for hydroxylation is 1. The first-order valence-corrected chi connectivity index (χ1v) is 9.38. The summed E-state index contributed by atoms with van der Waals surface area (Å²) in [5, 5.41) is 0. The van der Waals surface area contributed by atoms with Crippen molar-refractivity contribution in [2.45, 2.75) is 31.1 Å². The molecule has 1 saturated carbocycles. The van der Waals surface area contributed by atoms with Crippen LogP contribution in [0.25, 0.3) is 0 Å². The normalized spacial score (nSPS) is 20.3. The van der Waals surface area contributed by atoms with Gasteiger partial charge in [-0.2, -0.15) is 4.31 Å². The maximum absolute atomic E-state index is 13.2. The molecule has 1 amide bonds. The first kappa shape index (κ1) is 16.4. The summed E-state index contributed by atoms with van der Waals surface area (Å²) in [6, 6.07) is 3.71. The fraction of sp³-hybridized carbons (Fsp3) is 0.562. The second-order valence-corrected chi connectivity index (χ2v) is 8.17. The van der Waals surface area contributed by atoms with Gasteiger partial charge in [0.25, 0.3) is 0 Å². The lowest BCUT2D eigenvalue weighted by Gasteiger charge is -2.22. The zero-order chi connectivity index (χ0) is 16.6. The molecule has 0 atom stereocenters. The van der Waals surface area contributed by atoms with Gasteiger partial charge < -0.3 is 4.90 Å². The number of halogens is 1. The van der Waals surface area contributed by atoms with Crippen LogP contribution in [0.3, 0.4) is 0 Å². The molecular weight excluding hydrogens is 319 g/mol. The molecule has 1 aliphatic carbocycles. The SMILES string of the molecule is Cc1cc(F)ccc1S(=O)(=O)N1CCCN(C(=O)C2CC2)CC1. The molecule has 0 unspecified atom stereocenters. The van der Waals surface area contributed by atoms with E-state index in [1.807, 2.05) is 0 Å². The molecule has 0 N–H and O–H groups in total. The highest BCUT2D eigenvalue weighted by Crippen LogP contribution is 2.31. The lowest BCUT2D eigenvalue weighted by Crippen LogP contribution is -2.38. The maximum atomic E-state index is 13.2. The molecule has 1 heterocycles. The quantitative estimate of drug-likeness (QED) is 0.843. The molecule has 1 saturated heterocycles. The number of nitrogens with zero attached hydrogens (tertiary/aromatic N) is 2. The highest BCUT2D eigenvalue weighted by molar-refractivity contribution is 7.89. The van der Waals surface area contributed by atoms with E-state index in [4.69, 9.17) is 0 Å². The lowest BCUT2D eigenvalue weighted by molar-refractivity contribution is -0.132. The topological polar surface area (TPSA) is 57.7 Å². The Bertz CT molecular complexity index is 716. The fourth-order valence-corrected chi connectivity index (χ4v) is 4.66. The van der Waals surface area contributed by atoms with Gasteiger partial charge in [-0.15, -0.1) is 0 Å². The van der Waals surface area contributed by atoms with E-state index < -0.39 is 15.8 Å². The molecule has 0 aromatic heterocycles. The van der Waals surface area contributed by atoms with Crippen LogP contribution in [0.1, 0.15) is 24.8 Å². The van der Waals surface area contributed by atoms with Crippen LogP contribution in [0.4, 0.5) is 4.39 Å². The smallest absolute Gasteiger partial charge is 0.243 e. The van der Waals surface area contributed by atoms with Crippen LogP contribution in [-0.2, 0) is 14.8 Å². The Labute approximate surface area is 136 Å². The predicted octanol–water partition coefficient (Wildman–Crippen LogP) is 1.77. The van der Waals surface area contributed by atoms with Gasteiger partial charge in [-0.3, -0.25) is 4.79 Å². The van der Waals surface area contributed by atoms with Gasteiger partial charge in [-0.1, -0.05) is 0 Å². The van der Waals surface area contributed by atoms with Gasteiger partial charge in [0.2, 0.25) is 15.9 Å². The number of benzene rings is 1. The minimum absolute atomic E-state index is 0.140. The number of hydrogen-bond donors (Lipinski definition) is 0. The number of carbonyl (C=O) groups is 1. The van der Waals surface area contributed by atoms with Gasteiger partial charge in [0, 0.05) is 32.1 Å². The molecule has 1 aliphatic heterocycles. The van der Waals surface area contributed by atoms with Gasteiger partial charge in [-0.25, -0.2) is 12.8 Å². The second-order valence-electron chi connectivity index (χ2n) is 6.27. The van der Waals surface area contributed by atoms with E-state index in [0.717, 1.165) is 12.8 Å². The molecule has 3 rings (SSSR count). The molecule has 0 spiro atoms. The zero-order valence-electron chi connectivity index (χ0n) is 13.2. The van der Waals surface area contributed by atoms with Crippen LogP contribution in [0.15, 0.2) is 23.1 Å². The standard InChI is InChI=1S/C16H21FN2O3S/c1-12-11-14(17)5-6-15(12)23(21,22)19-8-2-7-18(9-10-19)16(20)13-3-4-13/h5-6,11,13H,2-4,7-10H2,1H3. The Morgan fingerprint density at radius 3 is 2.57 bits per heavy atom. The van der Waals surface area contributed by atoms with Gasteiger partial charge in [0.15, 0.2) is 0 Å². The molecule has 1 aromatic rings.